The molecule has 0 saturated carbocycles. The molecule has 5 nitrogen and oxygen atoms in total. The molecule has 1 aliphatic rings. The first-order valence-electron chi connectivity index (χ1n) is 7.72. The van der Waals surface area contributed by atoms with Gasteiger partial charge in [0.2, 0.25) is 0 Å². The standard InChI is InChI=1S/C17H17FN4OS/c1-24-17-20-15(14(9-19)16(23)21-17)13-5-4-12(18)8-11(13)10-22-6-2-3-7-22/h4-5,8H,2-3,6-7,10H2,1H3,(H,20,21,23). The molecule has 1 aromatic heterocycles. The highest BCUT2D eigenvalue weighted by Crippen LogP contribution is 2.27. The number of H-pyrrole nitrogens is 1. The number of halogens is 1. The summed E-state index contributed by atoms with van der Waals surface area (Å²) >= 11 is 1.29. The van der Waals surface area contributed by atoms with Crippen LogP contribution in [0, 0.1) is 17.1 Å². The van der Waals surface area contributed by atoms with Crippen molar-refractivity contribution >= 4 is 11.8 Å². The SMILES string of the molecule is CSc1nc(-c2ccc(F)cc2CN2CCCC2)c(C#N)c(=O)[nH]1. The van der Waals surface area contributed by atoms with Gasteiger partial charge in [0.05, 0.1) is 5.69 Å². The molecule has 0 bridgehead atoms. The van der Waals surface area contributed by atoms with E-state index in [0.29, 0.717) is 23.0 Å². The second-order valence-corrected chi connectivity index (χ2v) is 6.49. The van der Waals surface area contributed by atoms with E-state index in [4.69, 9.17) is 0 Å². The van der Waals surface area contributed by atoms with Gasteiger partial charge in [0.25, 0.3) is 5.56 Å². The molecule has 0 amide bonds. The number of hydrogen-bond donors (Lipinski definition) is 1. The zero-order chi connectivity index (χ0) is 17.1. The van der Waals surface area contributed by atoms with Gasteiger partial charge in [0.1, 0.15) is 17.4 Å². The summed E-state index contributed by atoms with van der Waals surface area (Å²) in [5.41, 5.74) is 1.20. The van der Waals surface area contributed by atoms with Crippen molar-refractivity contribution in [2.24, 2.45) is 0 Å². The van der Waals surface area contributed by atoms with Crippen molar-refractivity contribution in [3.05, 3.63) is 45.5 Å². The maximum absolute atomic E-state index is 13.8. The number of rotatable bonds is 4. The molecule has 0 aliphatic carbocycles. The number of nitrogens with one attached hydrogen (secondary N) is 1. The first-order valence-corrected chi connectivity index (χ1v) is 8.94. The average Bonchev–Trinajstić information content (AvgIpc) is 3.07. The summed E-state index contributed by atoms with van der Waals surface area (Å²) in [7, 11) is 0. The molecule has 124 valence electrons. The number of likely N-dealkylation sites (tertiary alicyclic amines) is 1. The largest absolute Gasteiger partial charge is 0.300 e. The summed E-state index contributed by atoms with van der Waals surface area (Å²) < 4.78 is 13.8. The Labute approximate surface area is 143 Å². The summed E-state index contributed by atoms with van der Waals surface area (Å²) in [6, 6.07) is 6.34. The van der Waals surface area contributed by atoms with Crippen molar-refractivity contribution in [2.45, 2.75) is 24.5 Å². The molecule has 1 fully saturated rings. The summed E-state index contributed by atoms with van der Waals surface area (Å²) in [4.78, 5) is 21.4. The Morgan fingerprint density at radius 2 is 2.17 bits per heavy atom. The second kappa shape index (κ2) is 7.16. The molecule has 3 rings (SSSR count). The van der Waals surface area contributed by atoms with E-state index in [-0.39, 0.29) is 11.4 Å². The lowest BCUT2D eigenvalue weighted by Gasteiger charge is -2.18. The van der Waals surface area contributed by atoms with Crippen LogP contribution in [0.1, 0.15) is 24.0 Å². The predicted molar refractivity (Wildman–Crippen MR) is 91.3 cm³/mol. The van der Waals surface area contributed by atoms with Crippen LogP contribution in [0.3, 0.4) is 0 Å². The van der Waals surface area contributed by atoms with Gasteiger partial charge >= 0.3 is 0 Å². The molecule has 2 heterocycles. The van der Waals surface area contributed by atoms with Crippen LogP contribution in [-0.2, 0) is 6.54 Å². The Balaban J connectivity index is 2.13. The van der Waals surface area contributed by atoms with Crippen LogP contribution < -0.4 is 5.56 Å². The highest BCUT2D eigenvalue weighted by Gasteiger charge is 2.19. The van der Waals surface area contributed by atoms with Crippen LogP contribution in [0.25, 0.3) is 11.3 Å². The minimum atomic E-state index is -0.469. The Bertz CT molecular complexity index is 853. The number of nitriles is 1. The van der Waals surface area contributed by atoms with E-state index in [1.165, 1.54) is 23.9 Å². The first kappa shape index (κ1) is 16.7. The summed E-state index contributed by atoms with van der Waals surface area (Å²) in [6.07, 6.45) is 4.06. The smallest absolute Gasteiger partial charge is 0.270 e. The van der Waals surface area contributed by atoms with Gasteiger partial charge in [-0.3, -0.25) is 9.69 Å². The third kappa shape index (κ3) is 3.35. The number of aromatic nitrogens is 2. The number of aromatic amines is 1. The van der Waals surface area contributed by atoms with Gasteiger partial charge in [-0.2, -0.15) is 5.26 Å². The Morgan fingerprint density at radius 3 is 2.83 bits per heavy atom. The van der Waals surface area contributed by atoms with Gasteiger partial charge in [0.15, 0.2) is 5.16 Å². The number of benzene rings is 1. The number of thioether (sulfide) groups is 1. The van der Waals surface area contributed by atoms with Gasteiger partial charge in [-0.15, -0.1) is 0 Å². The molecule has 1 saturated heterocycles. The monoisotopic (exact) mass is 344 g/mol. The third-order valence-electron chi connectivity index (χ3n) is 4.12. The minimum Gasteiger partial charge on any atom is -0.300 e. The molecule has 0 radical (unpaired) electrons. The van der Waals surface area contributed by atoms with Gasteiger partial charge < -0.3 is 4.98 Å². The quantitative estimate of drug-likeness (QED) is 0.682. The zero-order valence-electron chi connectivity index (χ0n) is 13.3. The Kier molecular flexibility index (Phi) is 4.97. The molecule has 0 atom stereocenters. The van der Waals surface area contributed by atoms with Crippen LogP contribution in [0.5, 0.6) is 0 Å². The summed E-state index contributed by atoms with van der Waals surface area (Å²) in [5, 5.41) is 9.79. The van der Waals surface area contributed by atoms with Crippen molar-refractivity contribution in [3.8, 4) is 17.3 Å². The van der Waals surface area contributed by atoms with E-state index in [1.807, 2.05) is 6.07 Å². The molecule has 24 heavy (non-hydrogen) atoms. The highest BCUT2D eigenvalue weighted by molar-refractivity contribution is 7.98. The fourth-order valence-corrected chi connectivity index (χ4v) is 3.33. The molecular formula is C17H17FN4OS. The number of nitrogens with zero attached hydrogens (tertiary/aromatic N) is 3. The molecule has 2 aromatic rings. The van der Waals surface area contributed by atoms with Gasteiger partial charge in [-0.25, -0.2) is 9.37 Å². The van der Waals surface area contributed by atoms with Crippen LogP contribution in [0.4, 0.5) is 4.39 Å². The lowest BCUT2D eigenvalue weighted by Crippen LogP contribution is -2.20. The fourth-order valence-electron chi connectivity index (χ4n) is 2.95. The third-order valence-corrected chi connectivity index (χ3v) is 4.70. The molecule has 0 spiro atoms. The predicted octanol–water partition coefficient (Wildman–Crippen LogP) is 2.77. The fraction of sp³-hybridized carbons (Fsp3) is 0.353. The molecule has 0 unspecified atom stereocenters. The molecule has 1 N–H and O–H groups in total. The Morgan fingerprint density at radius 1 is 1.42 bits per heavy atom. The van der Waals surface area contributed by atoms with E-state index in [0.717, 1.165) is 31.5 Å². The maximum atomic E-state index is 13.8. The summed E-state index contributed by atoms with van der Waals surface area (Å²) in [6.45, 7) is 2.53. The van der Waals surface area contributed by atoms with Gasteiger partial charge in [-0.1, -0.05) is 11.8 Å². The van der Waals surface area contributed by atoms with Crippen LogP contribution >= 0.6 is 11.8 Å². The zero-order valence-corrected chi connectivity index (χ0v) is 14.1. The van der Waals surface area contributed by atoms with E-state index in [9.17, 15) is 14.4 Å². The van der Waals surface area contributed by atoms with Crippen LogP contribution in [-0.4, -0.2) is 34.2 Å². The molecule has 1 aliphatic heterocycles. The normalized spacial score (nSPS) is 14.7. The Hall–Kier alpha value is -2.17. The van der Waals surface area contributed by atoms with Crippen molar-refractivity contribution < 1.29 is 4.39 Å². The van der Waals surface area contributed by atoms with E-state index >= 15 is 0 Å². The van der Waals surface area contributed by atoms with E-state index in [2.05, 4.69) is 14.9 Å². The van der Waals surface area contributed by atoms with Crippen molar-refractivity contribution in [1.82, 2.24) is 14.9 Å². The second-order valence-electron chi connectivity index (χ2n) is 5.70. The van der Waals surface area contributed by atoms with Gasteiger partial charge in [0, 0.05) is 12.1 Å². The molecule has 1 aromatic carbocycles. The lowest BCUT2D eigenvalue weighted by atomic mass is 10.0. The van der Waals surface area contributed by atoms with Crippen molar-refractivity contribution in [2.75, 3.05) is 19.3 Å². The van der Waals surface area contributed by atoms with E-state index < -0.39 is 5.56 Å². The van der Waals surface area contributed by atoms with Crippen LogP contribution in [0.2, 0.25) is 0 Å². The highest BCUT2D eigenvalue weighted by atomic mass is 32.2. The average molecular weight is 344 g/mol. The maximum Gasteiger partial charge on any atom is 0.270 e. The topological polar surface area (TPSA) is 72.8 Å². The minimum absolute atomic E-state index is 0.0397. The van der Waals surface area contributed by atoms with Gasteiger partial charge in [-0.05, 0) is 55.9 Å². The van der Waals surface area contributed by atoms with Crippen LogP contribution in [0.15, 0.2) is 28.2 Å². The number of hydrogen-bond acceptors (Lipinski definition) is 5. The van der Waals surface area contributed by atoms with E-state index in [1.54, 1.807) is 12.3 Å². The lowest BCUT2D eigenvalue weighted by molar-refractivity contribution is 0.331. The first-order chi connectivity index (χ1) is 11.6. The van der Waals surface area contributed by atoms with Crippen molar-refractivity contribution in [1.29, 1.82) is 5.26 Å². The van der Waals surface area contributed by atoms with Crippen molar-refractivity contribution in [3.63, 3.8) is 0 Å². The summed E-state index contributed by atoms with van der Waals surface area (Å²) in [5.74, 6) is -0.332. The molecule has 7 heteroatoms. The molecular weight excluding hydrogens is 327 g/mol.